The van der Waals surface area contributed by atoms with E-state index in [2.05, 4.69) is 0 Å². The van der Waals surface area contributed by atoms with Gasteiger partial charge in [0.25, 0.3) is 0 Å². The van der Waals surface area contributed by atoms with Gasteiger partial charge in [0.15, 0.2) is 0 Å². The largest absolute Gasteiger partial charge is 0.481 e. The summed E-state index contributed by atoms with van der Waals surface area (Å²) in [6.45, 7) is 0. The van der Waals surface area contributed by atoms with Crippen molar-refractivity contribution >= 4 is 23.4 Å². The zero-order valence-corrected chi connectivity index (χ0v) is 8.59. The third-order valence-electron chi connectivity index (χ3n) is 1.71. The van der Waals surface area contributed by atoms with Crippen LogP contribution in [0, 0.1) is 0 Å². The molecule has 0 saturated heterocycles. The van der Waals surface area contributed by atoms with Crippen molar-refractivity contribution in [3.05, 3.63) is 29.8 Å². The fourth-order valence-electron chi connectivity index (χ4n) is 0.963. The minimum atomic E-state index is -0.741. The standard InChI is InChI=1S/C10H13NO2S/c11-9-3-1-8(2-4-9)7-14-6-5-10(12)13/h1-4H,5-7,11H2,(H,12,13). The third kappa shape index (κ3) is 4.18. The topological polar surface area (TPSA) is 63.3 Å². The van der Waals surface area contributed by atoms with Crippen LogP contribution in [0.3, 0.4) is 0 Å². The van der Waals surface area contributed by atoms with E-state index in [1.807, 2.05) is 24.3 Å². The number of nitrogens with two attached hydrogens (primary N) is 1. The van der Waals surface area contributed by atoms with Crippen molar-refractivity contribution in [1.82, 2.24) is 0 Å². The average molecular weight is 211 g/mol. The van der Waals surface area contributed by atoms with Gasteiger partial charge in [-0.2, -0.15) is 11.8 Å². The quantitative estimate of drug-likeness (QED) is 0.577. The lowest BCUT2D eigenvalue weighted by Gasteiger charge is -2.00. The van der Waals surface area contributed by atoms with E-state index in [1.165, 1.54) is 5.56 Å². The summed E-state index contributed by atoms with van der Waals surface area (Å²) in [4.78, 5) is 10.2. The molecule has 76 valence electrons. The highest BCUT2D eigenvalue weighted by Gasteiger charge is 1.97. The molecule has 1 rings (SSSR count). The van der Waals surface area contributed by atoms with Gasteiger partial charge in [0.2, 0.25) is 0 Å². The number of hydrogen-bond acceptors (Lipinski definition) is 3. The van der Waals surface area contributed by atoms with Crippen LogP contribution in [0.2, 0.25) is 0 Å². The first kappa shape index (κ1) is 10.9. The maximum absolute atomic E-state index is 10.2. The number of thioether (sulfide) groups is 1. The Hall–Kier alpha value is -1.16. The van der Waals surface area contributed by atoms with E-state index in [0.717, 1.165) is 11.4 Å². The minimum Gasteiger partial charge on any atom is -0.481 e. The molecule has 0 saturated carbocycles. The van der Waals surface area contributed by atoms with E-state index in [9.17, 15) is 4.79 Å². The number of benzene rings is 1. The van der Waals surface area contributed by atoms with Crippen molar-refractivity contribution in [2.75, 3.05) is 11.5 Å². The summed E-state index contributed by atoms with van der Waals surface area (Å²) >= 11 is 1.62. The fraction of sp³-hybridized carbons (Fsp3) is 0.300. The second-order valence-corrected chi connectivity index (χ2v) is 4.04. The molecule has 0 radical (unpaired) electrons. The number of rotatable bonds is 5. The van der Waals surface area contributed by atoms with Crippen LogP contribution in [0.15, 0.2) is 24.3 Å². The number of nitrogen functional groups attached to an aromatic ring is 1. The third-order valence-corrected chi connectivity index (χ3v) is 2.74. The lowest BCUT2D eigenvalue weighted by Crippen LogP contribution is -1.96. The first-order valence-corrected chi connectivity index (χ1v) is 5.48. The van der Waals surface area contributed by atoms with Gasteiger partial charge in [-0.1, -0.05) is 12.1 Å². The summed E-state index contributed by atoms with van der Waals surface area (Å²) in [5, 5.41) is 8.42. The van der Waals surface area contributed by atoms with E-state index in [1.54, 1.807) is 11.8 Å². The Morgan fingerprint density at radius 2 is 2.00 bits per heavy atom. The van der Waals surface area contributed by atoms with Crippen LogP contribution in [0.4, 0.5) is 5.69 Å². The number of aliphatic carboxylic acids is 1. The van der Waals surface area contributed by atoms with Crippen LogP contribution in [-0.2, 0) is 10.5 Å². The SMILES string of the molecule is Nc1ccc(CSCCC(=O)O)cc1. The van der Waals surface area contributed by atoms with Gasteiger partial charge in [-0.25, -0.2) is 0 Å². The molecule has 0 amide bonds. The Labute approximate surface area is 87.3 Å². The van der Waals surface area contributed by atoms with Crippen LogP contribution >= 0.6 is 11.8 Å². The molecule has 1 aromatic rings. The summed E-state index contributed by atoms with van der Waals surface area (Å²) in [6, 6.07) is 7.63. The Morgan fingerprint density at radius 1 is 1.36 bits per heavy atom. The van der Waals surface area contributed by atoms with Crippen LogP contribution < -0.4 is 5.73 Å². The fourth-order valence-corrected chi connectivity index (χ4v) is 1.85. The number of hydrogen-bond donors (Lipinski definition) is 2. The molecule has 4 heteroatoms. The molecule has 0 heterocycles. The lowest BCUT2D eigenvalue weighted by atomic mass is 10.2. The summed E-state index contributed by atoms with van der Waals surface area (Å²) < 4.78 is 0. The van der Waals surface area contributed by atoms with Crippen LogP contribution in [0.5, 0.6) is 0 Å². The summed E-state index contributed by atoms with van der Waals surface area (Å²) in [7, 11) is 0. The molecule has 0 atom stereocenters. The highest BCUT2D eigenvalue weighted by atomic mass is 32.2. The molecule has 0 unspecified atom stereocenters. The number of anilines is 1. The maximum Gasteiger partial charge on any atom is 0.304 e. The minimum absolute atomic E-state index is 0.222. The highest BCUT2D eigenvalue weighted by Crippen LogP contribution is 2.14. The molecule has 0 bridgehead atoms. The monoisotopic (exact) mass is 211 g/mol. The van der Waals surface area contributed by atoms with Crippen molar-refractivity contribution in [3.8, 4) is 0 Å². The molecule has 3 nitrogen and oxygen atoms in total. The lowest BCUT2D eigenvalue weighted by molar-refractivity contribution is -0.136. The van der Waals surface area contributed by atoms with Gasteiger partial charge in [0, 0.05) is 17.2 Å². The summed E-state index contributed by atoms with van der Waals surface area (Å²) in [5.41, 5.74) is 7.47. The molecule has 0 aliphatic carbocycles. The number of carboxylic acids is 1. The Balaban J connectivity index is 2.25. The highest BCUT2D eigenvalue weighted by molar-refractivity contribution is 7.98. The Bertz CT molecular complexity index is 297. The first-order valence-electron chi connectivity index (χ1n) is 4.32. The van der Waals surface area contributed by atoms with Crippen LogP contribution in [0.25, 0.3) is 0 Å². The molecule has 0 aromatic heterocycles. The van der Waals surface area contributed by atoms with Gasteiger partial charge < -0.3 is 10.8 Å². The second-order valence-electron chi connectivity index (χ2n) is 2.94. The normalized spacial score (nSPS) is 10.0. The second kappa shape index (κ2) is 5.54. The Kier molecular flexibility index (Phi) is 4.32. The van der Waals surface area contributed by atoms with Gasteiger partial charge in [-0.15, -0.1) is 0 Å². The van der Waals surface area contributed by atoms with Crippen molar-refractivity contribution < 1.29 is 9.90 Å². The summed E-state index contributed by atoms with van der Waals surface area (Å²) in [5.74, 6) is 0.752. The van der Waals surface area contributed by atoms with Gasteiger partial charge in [0.1, 0.15) is 0 Å². The molecule has 3 N–H and O–H groups in total. The summed E-state index contributed by atoms with van der Waals surface area (Å²) in [6.07, 6.45) is 0.222. The van der Waals surface area contributed by atoms with E-state index >= 15 is 0 Å². The molecule has 0 aliphatic heterocycles. The van der Waals surface area contributed by atoms with Crippen molar-refractivity contribution in [1.29, 1.82) is 0 Å². The van der Waals surface area contributed by atoms with Crippen LogP contribution in [0.1, 0.15) is 12.0 Å². The zero-order valence-electron chi connectivity index (χ0n) is 7.77. The van der Waals surface area contributed by atoms with E-state index in [4.69, 9.17) is 10.8 Å². The van der Waals surface area contributed by atoms with Gasteiger partial charge in [0.05, 0.1) is 6.42 Å². The van der Waals surface area contributed by atoms with Gasteiger partial charge >= 0.3 is 5.97 Å². The first-order chi connectivity index (χ1) is 6.68. The smallest absolute Gasteiger partial charge is 0.304 e. The predicted molar refractivity (Wildman–Crippen MR) is 59.3 cm³/mol. The maximum atomic E-state index is 10.2. The zero-order chi connectivity index (χ0) is 10.4. The predicted octanol–water partition coefficient (Wildman–Crippen LogP) is 1.98. The Morgan fingerprint density at radius 3 is 2.57 bits per heavy atom. The number of carbonyl (C=O) groups is 1. The average Bonchev–Trinajstić information content (AvgIpc) is 2.15. The molecular weight excluding hydrogens is 198 g/mol. The molecule has 0 aliphatic rings. The van der Waals surface area contributed by atoms with E-state index in [0.29, 0.717) is 5.75 Å². The molecule has 1 aromatic carbocycles. The molecule has 0 fully saturated rings. The van der Waals surface area contributed by atoms with Crippen molar-refractivity contribution in [3.63, 3.8) is 0 Å². The molecule has 14 heavy (non-hydrogen) atoms. The van der Waals surface area contributed by atoms with Gasteiger partial charge in [-0.05, 0) is 17.7 Å². The molecule has 0 spiro atoms. The van der Waals surface area contributed by atoms with E-state index < -0.39 is 5.97 Å². The van der Waals surface area contributed by atoms with Crippen molar-refractivity contribution in [2.24, 2.45) is 0 Å². The van der Waals surface area contributed by atoms with E-state index in [-0.39, 0.29) is 6.42 Å². The molecular formula is C10H13NO2S. The van der Waals surface area contributed by atoms with Gasteiger partial charge in [-0.3, -0.25) is 4.79 Å². The van der Waals surface area contributed by atoms with Crippen LogP contribution in [-0.4, -0.2) is 16.8 Å². The van der Waals surface area contributed by atoms with Crippen molar-refractivity contribution in [2.45, 2.75) is 12.2 Å². The number of carboxylic acid groups (broad SMARTS) is 1.